The summed E-state index contributed by atoms with van der Waals surface area (Å²) in [5.74, 6) is -3.16. The molecule has 0 atom stereocenters. The maximum absolute atomic E-state index is 11.4. The van der Waals surface area contributed by atoms with E-state index in [1.54, 1.807) is 0 Å². The van der Waals surface area contributed by atoms with Crippen LogP contribution in [0.3, 0.4) is 0 Å². The number of ether oxygens (including phenoxy) is 4. The fourth-order valence-electron chi connectivity index (χ4n) is 1.19. The molecule has 18 heavy (non-hydrogen) atoms. The van der Waals surface area contributed by atoms with Crippen LogP contribution in [0.15, 0.2) is 12.2 Å². The number of esters is 1. The topological polar surface area (TPSA) is 71.1 Å². The van der Waals surface area contributed by atoms with Gasteiger partial charge in [0, 0.05) is 33.3 Å². The van der Waals surface area contributed by atoms with Gasteiger partial charge in [0.1, 0.15) is 0 Å². The van der Waals surface area contributed by atoms with Gasteiger partial charge in [-0.3, -0.25) is 4.74 Å². The van der Waals surface area contributed by atoms with E-state index in [2.05, 4.69) is 11.3 Å². The van der Waals surface area contributed by atoms with Gasteiger partial charge in [-0.1, -0.05) is 6.58 Å². The van der Waals surface area contributed by atoms with E-state index in [1.807, 2.05) is 0 Å². The van der Waals surface area contributed by atoms with Crippen molar-refractivity contribution < 1.29 is 28.5 Å². The summed E-state index contributed by atoms with van der Waals surface area (Å²) in [6, 6.07) is 0. The minimum atomic E-state index is -1.30. The molecule has 0 aliphatic rings. The first-order chi connectivity index (χ1) is 7.99. The molecule has 6 nitrogen and oxygen atoms in total. The molecule has 0 heterocycles. The van der Waals surface area contributed by atoms with E-state index in [1.165, 1.54) is 41.7 Å². The molecule has 0 N–H and O–H groups in total. The smallest absolute Gasteiger partial charge is 0.438 e. The van der Waals surface area contributed by atoms with Crippen LogP contribution in [0.1, 0.15) is 34.6 Å². The first-order valence-corrected chi connectivity index (χ1v) is 5.35. The van der Waals surface area contributed by atoms with Gasteiger partial charge < -0.3 is 14.2 Å². The lowest BCUT2D eigenvalue weighted by Gasteiger charge is -2.34. The van der Waals surface area contributed by atoms with Crippen molar-refractivity contribution in [2.24, 2.45) is 0 Å². The van der Waals surface area contributed by atoms with Crippen molar-refractivity contribution in [3.05, 3.63) is 12.2 Å². The predicted molar refractivity (Wildman–Crippen MR) is 63.6 cm³/mol. The number of methoxy groups -OCH3 is 1. The summed E-state index contributed by atoms with van der Waals surface area (Å²) in [4.78, 5) is 22.4. The van der Waals surface area contributed by atoms with E-state index >= 15 is 0 Å². The predicted octanol–water partition coefficient (Wildman–Crippen LogP) is 2.38. The molecule has 0 bridgehead atoms. The second kappa shape index (κ2) is 5.86. The first-order valence-electron chi connectivity index (χ1n) is 5.35. The number of carbonyl (C=O) groups excluding carboxylic acids is 2. The van der Waals surface area contributed by atoms with E-state index in [0.717, 1.165) is 0 Å². The average molecular weight is 260 g/mol. The molecular formula is C12H20O6. The van der Waals surface area contributed by atoms with Gasteiger partial charge in [-0.15, -0.1) is 0 Å². The van der Waals surface area contributed by atoms with Gasteiger partial charge in [-0.05, 0) is 6.92 Å². The van der Waals surface area contributed by atoms with E-state index in [-0.39, 0.29) is 5.57 Å². The molecule has 6 heteroatoms. The van der Waals surface area contributed by atoms with Gasteiger partial charge in [-0.25, -0.2) is 9.59 Å². The molecule has 0 aromatic rings. The lowest BCUT2D eigenvalue weighted by Crippen LogP contribution is -2.43. The van der Waals surface area contributed by atoms with Crippen molar-refractivity contribution in [1.82, 2.24) is 0 Å². The summed E-state index contributed by atoms with van der Waals surface area (Å²) in [5.41, 5.74) is 0.248. The molecule has 0 aliphatic heterocycles. The zero-order valence-electron chi connectivity index (χ0n) is 11.7. The minimum absolute atomic E-state index is 0.248. The summed E-state index contributed by atoms with van der Waals surface area (Å²) in [6.07, 6.45) is -0.887. The molecule has 0 saturated carbocycles. The molecule has 0 unspecified atom stereocenters. The van der Waals surface area contributed by atoms with Crippen LogP contribution in [0, 0.1) is 0 Å². The average Bonchev–Trinajstić information content (AvgIpc) is 2.13. The summed E-state index contributed by atoms with van der Waals surface area (Å²) in [5, 5.41) is 0. The second-order valence-electron chi connectivity index (χ2n) is 4.63. The number of carbonyl (C=O) groups is 2. The van der Waals surface area contributed by atoms with Crippen molar-refractivity contribution in [1.29, 1.82) is 0 Å². The first kappa shape index (κ1) is 16.4. The molecule has 0 amide bonds. The van der Waals surface area contributed by atoms with E-state index in [4.69, 9.17) is 14.2 Å². The molecule has 0 aromatic heterocycles. The SMILES string of the molecule is C=C(C)C(=O)OC(C)(C)OC(C)(C)OC(=O)OC. The lowest BCUT2D eigenvalue weighted by molar-refractivity contribution is -0.308. The summed E-state index contributed by atoms with van der Waals surface area (Å²) in [7, 11) is 1.19. The van der Waals surface area contributed by atoms with Crippen LogP contribution >= 0.6 is 0 Å². The molecule has 0 aliphatic carbocycles. The Bertz CT molecular complexity index is 342. The quantitative estimate of drug-likeness (QED) is 0.429. The van der Waals surface area contributed by atoms with Crippen LogP contribution in [0.5, 0.6) is 0 Å². The zero-order valence-corrected chi connectivity index (χ0v) is 11.7. The van der Waals surface area contributed by atoms with Gasteiger partial charge in [0.2, 0.25) is 11.6 Å². The maximum atomic E-state index is 11.4. The Kier molecular flexibility index (Phi) is 5.35. The highest BCUT2D eigenvalue weighted by molar-refractivity contribution is 5.87. The Hall–Kier alpha value is -1.56. The van der Waals surface area contributed by atoms with Crippen molar-refractivity contribution in [3.63, 3.8) is 0 Å². The Morgan fingerprint density at radius 3 is 1.83 bits per heavy atom. The summed E-state index contributed by atoms with van der Waals surface area (Å²) < 4.78 is 19.7. The van der Waals surface area contributed by atoms with Crippen LogP contribution in [0.25, 0.3) is 0 Å². The summed E-state index contributed by atoms with van der Waals surface area (Å²) >= 11 is 0. The van der Waals surface area contributed by atoms with Crippen LogP contribution in [-0.2, 0) is 23.7 Å². The molecule has 0 saturated heterocycles. The summed E-state index contributed by atoms with van der Waals surface area (Å²) in [6.45, 7) is 11.0. The third-order valence-corrected chi connectivity index (χ3v) is 1.67. The third-order valence-electron chi connectivity index (χ3n) is 1.67. The van der Waals surface area contributed by atoms with Crippen LogP contribution in [0.4, 0.5) is 4.79 Å². The van der Waals surface area contributed by atoms with Gasteiger partial charge in [0.15, 0.2) is 0 Å². The van der Waals surface area contributed by atoms with Gasteiger partial charge in [0.05, 0.1) is 7.11 Å². The third kappa shape index (κ3) is 6.24. The Morgan fingerprint density at radius 1 is 1.00 bits per heavy atom. The highest BCUT2D eigenvalue weighted by Crippen LogP contribution is 2.23. The van der Waals surface area contributed by atoms with Crippen LogP contribution in [0.2, 0.25) is 0 Å². The highest BCUT2D eigenvalue weighted by Gasteiger charge is 2.35. The molecule has 104 valence electrons. The zero-order chi connectivity index (χ0) is 14.6. The van der Waals surface area contributed by atoms with Gasteiger partial charge in [-0.2, -0.15) is 0 Å². The van der Waals surface area contributed by atoms with Crippen LogP contribution < -0.4 is 0 Å². The fraction of sp³-hybridized carbons (Fsp3) is 0.667. The lowest BCUT2D eigenvalue weighted by atomic mass is 10.3. The largest absolute Gasteiger partial charge is 0.510 e. The molecular weight excluding hydrogens is 240 g/mol. The standard InChI is InChI=1S/C12H20O6/c1-8(2)9(13)16-11(3,4)18-12(5,6)17-10(14)15-7/h1H2,2-7H3. The Balaban J connectivity index is 4.59. The second-order valence-corrected chi connectivity index (χ2v) is 4.63. The fourth-order valence-corrected chi connectivity index (χ4v) is 1.19. The van der Waals surface area contributed by atoms with Crippen molar-refractivity contribution in [2.45, 2.75) is 46.2 Å². The minimum Gasteiger partial charge on any atom is -0.438 e. The molecule has 0 radical (unpaired) electrons. The molecule has 0 spiro atoms. The monoisotopic (exact) mass is 260 g/mol. The van der Waals surface area contributed by atoms with Crippen LogP contribution in [-0.4, -0.2) is 30.8 Å². The Morgan fingerprint density at radius 2 is 1.44 bits per heavy atom. The Labute approximate surface area is 107 Å². The van der Waals surface area contributed by atoms with Crippen molar-refractivity contribution >= 4 is 12.1 Å². The van der Waals surface area contributed by atoms with E-state index in [0.29, 0.717) is 0 Å². The van der Waals surface area contributed by atoms with E-state index < -0.39 is 23.7 Å². The highest BCUT2D eigenvalue weighted by atomic mass is 16.8. The molecule has 0 rings (SSSR count). The number of rotatable bonds is 5. The van der Waals surface area contributed by atoms with Gasteiger partial charge >= 0.3 is 12.1 Å². The van der Waals surface area contributed by atoms with E-state index in [9.17, 15) is 9.59 Å². The maximum Gasteiger partial charge on any atom is 0.510 e. The van der Waals surface area contributed by atoms with Gasteiger partial charge in [0.25, 0.3) is 0 Å². The molecule has 0 aromatic carbocycles. The number of hydrogen-bond donors (Lipinski definition) is 0. The number of hydrogen-bond acceptors (Lipinski definition) is 6. The molecule has 0 fully saturated rings. The normalized spacial score (nSPS) is 11.7. The van der Waals surface area contributed by atoms with Crippen molar-refractivity contribution in [2.75, 3.05) is 7.11 Å². The van der Waals surface area contributed by atoms with Crippen molar-refractivity contribution in [3.8, 4) is 0 Å².